The first-order valence-corrected chi connectivity index (χ1v) is 9.22. The van der Waals surface area contributed by atoms with Crippen molar-refractivity contribution in [3.05, 3.63) is 35.4 Å². The zero-order chi connectivity index (χ0) is 20.8. The summed E-state index contributed by atoms with van der Waals surface area (Å²) in [6.45, 7) is 4.37. The summed E-state index contributed by atoms with van der Waals surface area (Å²) in [6, 6.07) is 7.36. The molecule has 0 radical (unpaired) electrons. The number of ether oxygens (including phenoxy) is 4. The molecule has 2 aromatic rings. The molecule has 0 aliphatic rings. The molecule has 0 fully saturated rings. The second kappa shape index (κ2) is 9.44. The average Bonchev–Trinajstić information content (AvgIpc) is 2.69. The van der Waals surface area contributed by atoms with Crippen LogP contribution in [-0.2, 0) is 12.8 Å². The van der Waals surface area contributed by atoms with Crippen molar-refractivity contribution in [1.82, 2.24) is 0 Å². The third-order valence-electron chi connectivity index (χ3n) is 5.17. The summed E-state index contributed by atoms with van der Waals surface area (Å²) in [5.74, 6) is 2.35. The molecule has 154 valence electrons. The van der Waals surface area contributed by atoms with Gasteiger partial charge in [0.1, 0.15) is 0 Å². The minimum absolute atomic E-state index is 0.0118. The minimum atomic E-state index is 0.0118. The van der Waals surface area contributed by atoms with E-state index in [2.05, 4.69) is 13.8 Å². The van der Waals surface area contributed by atoms with Gasteiger partial charge in [-0.3, -0.25) is 0 Å². The van der Waals surface area contributed by atoms with E-state index in [0.29, 0.717) is 34.8 Å². The highest BCUT2D eigenvalue weighted by atomic mass is 16.5. The van der Waals surface area contributed by atoms with Crippen LogP contribution in [0.25, 0.3) is 0 Å². The third kappa shape index (κ3) is 4.74. The van der Waals surface area contributed by atoms with Crippen LogP contribution >= 0.6 is 0 Å². The first kappa shape index (κ1) is 21.5. The van der Waals surface area contributed by atoms with Gasteiger partial charge in [-0.1, -0.05) is 13.8 Å². The van der Waals surface area contributed by atoms with E-state index in [-0.39, 0.29) is 11.5 Å². The summed E-state index contributed by atoms with van der Waals surface area (Å²) >= 11 is 0. The number of hydrogen-bond acceptors (Lipinski definition) is 6. The quantitative estimate of drug-likeness (QED) is 0.669. The van der Waals surface area contributed by atoms with Gasteiger partial charge in [-0.2, -0.15) is 0 Å². The number of hydrogen-bond donors (Lipinski definition) is 2. The van der Waals surface area contributed by atoms with Crippen LogP contribution in [0, 0.1) is 11.8 Å². The Bertz CT molecular complexity index is 684. The van der Waals surface area contributed by atoms with Crippen LogP contribution in [0.5, 0.6) is 34.5 Å². The van der Waals surface area contributed by atoms with Crippen LogP contribution in [0.1, 0.15) is 25.0 Å². The summed E-state index contributed by atoms with van der Waals surface area (Å²) < 4.78 is 21.0. The standard InChI is InChI=1S/C22H30O6/c1-13(7-15-9-17(25-3)21(23)18(10-15)26-4)14(2)8-16-11-19(27-5)22(24)20(12-16)28-6/h9-14,23-24H,7-8H2,1-6H3/t13-,14-/m1/s1. The molecule has 0 unspecified atom stereocenters. The van der Waals surface area contributed by atoms with Crippen molar-refractivity contribution < 1.29 is 29.2 Å². The van der Waals surface area contributed by atoms with Gasteiger partial charge in [0.25, 0.3) is 0 Å². The number of rotatable bonds is 9. The van der Waals surface area contributed by atoms with Crippen molar-refractivity contribution in [1.29, 1.82) is 0 Å². The van der Waals surface area contributed by atoms with E-state index in [1.54, 1.807) is 0 Å². The molecule has 0 saturated carbocycles. The van der Waals surface area contributed by atoms with Crippen LogP contribution in [0.3, 0.4) is 0 Å². The van der Waals surface area contributed by atoms with Crippen molar-refractivity contribution in [2.24, 2.45) is 11.8 Å². The van der Waals surface area contributed by atoms with E-state index in [1.807, 2.05) is 24.3 Å². The van der Waals surface area contributed by atoms with E-state index in [0.717, 1.165) is 24.0 Å². The minimum Gasteiger partial charge on any atom is -0.502 e. The molecule has 0 saturated heterocycles. The van der Waals surface area contributed by atoms with Gasteiger partial charge in [-0.15, -0.1) is 0 Å². The molecule has 0 amide bonds. The topological polar surface area (TPSA) is 77.4 Å². The van der Waals surface area contributed by atoms with E-state index >= 15 is 0 Å². The maximum Gasteiger partial charge on any atom is 0.200 e. The maximum absolute atomic E-state index is 10.1. The molecule has 0 aliphatic carbocycles. The number of phenolic OH excluding ortho intramolecular Hbond substituents is 2. The monoisotopic (exact) mass is 390 g/mol. The van der Waals surface area contributed by atoms with E-state index in [1.165, 1.54) is 28.4 Å². The molecule has 6 nitrogen and oxygen atoms in total. The smallest absolute Gasteiger partial charge is 0.200 e. The fraction of sp³-hybridized carbons (Fsp3) is 0.455. The molecule has 0 aromatic heterocycles. The molecular weight excluding hydrogens is 360 g/mol. The molecule has 28 heavy (non-hydrogen) atoms. The van der Waals surface area contributed by atoms with Gasteiger partial charge in [0.05, 0.1) is 28.4 Å². The van der Waals surface area contributed by atoms with E-state index in [9.17, 15) is 10.2 Å². The molecule has 0 aliphatic heterocycles. The van der Waals surface area contributed by atoms with Crippen LogP contribution in [0.4, 0.5) is 0 Å². The zero-order valence-electron chi connectivity index (χ0n) is 17.4. The molecule has 0 heterocycles. The summed E-state index contributed by atoms with van der Waals surface area (Å²) in [4.78, 5) is 0. The second-order valence-electron chi connectivity index (χ2n) is 7.06. The summed E-state index contributed by atoms with van der Waals surface area (Å²) in [6.07, 6.45) is 1.61. The van der Waals surface area contributed by atoms with Gasteiger partial charge >= 0.3 is 0 Å². The van der Waals surface area contributed by atoms with E-state index in [4.69, 9.17) is 18.9 Å². The van der Waals surface area contributed by atoms with Gasteiger partial charge in [0, 0.05) is 0 Å². The summed E-state index contributed by atoms with van der Waals surface area (Å²) in [5.41, 5.74) is 2.07. The van der Waals surface area contributed by atoms with Crippen LogP contribution in [-0.4, -0.2) is 38.7 Å². The first-order valence-electron chi connectivity index (χ1n) is 9.22. The average molecular weight is 390 g/mol. The fourth-order valence-electron chi connectivity index (χ4n) is 3.28. The van der Waals surface area contributed by atoms with E-state index < -0.39 is 0 Å². The molecule has 2 aromatic carbocycles. The fourth-order valence-corrected chi connectivity index (χ4v) is 3.28. The number of aromatic hydroxyl groups is 2. The maximum atomic E-state index is 10.1. The van der Waals surface area contributed by atoms with Crippen molar-refractivity contribution in [3.63, 3.8) is 0 Å². The van der Waals surface area contributed by atoms with Crippen LogP contribution < -0.4 is 18.9 Å². The molecule has 2 N–H and O–H groups in total. The molecular formula is C22H30O6. The lowest BCUT2D eigenvalue weighted by Gasteiger charge is -2.22. The van der Waals surface area contributed by atoms with Crippen molar-refractivity contribution in [2.45, 2.75) is 26.7 Å². The Balaban J connectivity index is 2.16. The van der Waals surface area contributed by atoms with Gasteiger partial charge in [0.15, 0.2) is 23.0 Å². The molecule has 0 spiro atoms. The Morgan fingerprint density at radius 1 is 0.607 bits per heavy atom. The predicted octanol–water partition coefficient (Wildman–Crippen LogP) is 4.19. The normalized spacial score (nSPS) is 12.9. The molecule has 6 heteroatoms. The summed E-state index contributed by atoms with van der Waals surface area (Å²) in [5, 5.41) is 20.2. The molecule has 0 bridgehead atoms. The lowest BCUT2D eigenvalue weighted by molar-refractivity contribution is 0.334. The Morgan fingerprint density at radius 2 is 0.857 bits per heavy atom. The highest BCUT2D eigenvalue weighted by Crippen LogP contribution is 2.39. The highest BCUT2D eigenvalue weighted by Gasteiger charge is 2.19. The lowest BCUT2D eigenvalue weighted by atomic mass is 9.85. The zero-order valence-corrected chi connectivity index (χ0v) is 17.4. The Morgan fingerprint density at radius 3 is 1.07 bits per heavy atom. The number of phenols is 2. The Kier molecular flexibility index (Phi) is 7.26. The van der Waals surface area contributed by atoms with Crippen LogP contribution in [0.2, 0.25) is 0 Å². The SMILES string of the molecule is COc1cc(C[C@@H](C)[C@H](C)Cc2cc(OC)c(O)c(OC)c2)cc(OC)c1O. The Labute approximate surface area is 166 Å². The first-order chi connectivity index (χ1) is 13.3. The molecule has 2 rings (SSSR count). The Hall–Kier alpha value is -2.76. The van der Waals surface area contributed by atoms with Crippen molar-refractivity contribution in [2.75, 3.05) is 28.4 Å². The second-order valence-corrected chi connectivity index (χ2v) is 7.06. The predicted molar refractivity (Wildman–Crippen MR) is 108 cm³/mol. The van der Waals surface area contributed by atoms with Crippen molar-refractivity contribution >= 4 is 0 Å². The molecule has 2 atom stereocenters. The number of benzene rings is 2. The highest BCUT2D eigenvalue weighted by molar-refractivity contribution is 5.53. The van der Waals surface area contributed by atoms with Crippen molar-refractivity contribution in [3.8, 4) is 34.5 Å². The largest absolute Gasteiger partial charge is 0.502 e. The summed E-state index contributed by atoms with van der Waals surface area (Å²) in [7, 11) is 6.09. The lowest BCUT2D eigenvalue weighted by Crippen LogP contribution is -2.14. The van der Waals surface area contributed by atoms with Gasteiger partial charge in [-0.25, -0.2) is 0 Å². The third-order valence-corrected chi connectivity index (χ3v) is 5.17. The van der Waals surface area contributed by atoms with Gasteiger partial charge in [-0.05, 0) is 60.1 Å². The van der Waals surface area contributed by atoms with Gasteiger partial charge in [0.2, 0.25) is 11.5 Å². The number of methoxy groups -OCH3 is 4. The van der Waals surface area contributed by atoms with Crippen LogP contribution in [0.15, 0.2) is 24.3 Å². The van der Waals surface area contributed by atoms with Gasteiger partial charge < -0.3 is 29.2 Å².